The van der Waals surface area contributed by atoms with Crippen molar-refractivity contribution >= 4 is 17.6 Å². The monoisotopic (exact) mass is 500 g/mol. The molecule has 1 spiro atoms. The van der Waals surface area contributed by atoms with E-state index in [1.54, 1.807) is 7.11 Å². The standard InChI is InChI=1S/C31H36N2O4/c1-37-25-6-7-26-27(19-25)24(17-28(26)34)18-30(36)33-13-10-31(20-33)8-11-32(12-9-31)29(35)16-21-14-22-4-2-3-5-23(22)15-21/h2-7,19,21,24H,8-18,20H2,1H3. The minimum atomic E-state index is -0.0668. The van der Waals surface area contributed by atoms with Gasteiger partial charge in [-0.15, -0.1) is 0 Å². The minimum absolute atomic E-state index is 0.0668. The average molecular weight is 501 g/mol. The summed E-state index contributed by atoms with van der Waals surface area (Å²) < 4.78 is 5.35. The van der Waals surface area contributed by atoms with E-state index in [2.05, 4.69) is 29.2 Å². The number of fused-ring (bicyclic) bond motifs is 2. The van der Waals surface area contributed by atoms with E-state index in [9.17, 15) is 14.4 Å². The number of methoxy groups -OCH3 is 1. The van der Waals surface area contributed by atoms with Gasteiger partial charge in [-0.05, 0) is 78.3 Å². The molecule has 1 atom stereocenters. The second kappa shape index (κ2) is 9.62. The molecule has 2 saturated heterocycles. The summed E-state index contributed by atoms with van der Waals surface area (Å²) in [5.41, 5.74) is 4.61. The highest BCUT2D eigenvalue weighted by Crippen LogP contribution is 2.43. The number of nitrogens with zero attached hydrogens (tertiary/aromatic N) is 2. The van der Waals surface area contributed by atoms with Gasteiger partial charge in [-0.3, -0.25) is 14.4 Å². The van der Waals surface area contributed by atoms with Gasteiger partial charge in [0.15, 0.2) is 5.78 Å². The molecule has 0 radical (unpaired) electrons. The molecule has 2 aliphatic carbocycles. The molecule has 2 aromatic rings. The Kier molecular flexibility index (Phi) is 6.29. The van der Waals surface area contributed by atoms with Crippen molar-refractivity contribution < 1.29 is 19.1 Å². The quantitative estimate of drug-likeness (QED) is 0.610. The topological polar surface area (TPSA) is 66.9 Å². The molecule has 2 heterocycles. The van der Waals surface area contributed by atoms with E-state index in [4.69, 9.17) is 4.74 Å². The molecule has 6 heteroatoms. The van der Waals surface area contributed by atoms with Gasteiger partial charge in [-0.25, -0.2) is 0 Å². The SMILES string of the molecule is COc1ccc2c(c1)C(CC(=O)N1CCC3(CCN(C(=O)CC4Cc5ccccc5C4)CC3)C1)CC2=O. The molecule has 194 valence electrons. The maximum atomic E-state index is 13.3. The third-order valence-corrected chi connectivity index (χ3v) is 9.42. The smallest absolute Gasteiger partial charge is 0.223 e. The molecule has 2 amide bonds. The number of hydrogen-bond donors (Lipinski definition) is 0. The first-order valence-corrected chi connectivity index (χ1v) is 13.8. The largest absolute Gasteiger partial charge is 0.497 e. The predicted octanol–water partition coefficient (Wildman–Crippen LogP) is 4.40. The van der Waals surface area contributed by atoms with Gasteiger partial charge in [0.05, 0.1) is 7.11 Å². The zero-order valence-corrected chi connectivity index (χ0v) is 21.7. The van der Waals surface area contributed by atoms with Crippen LogP contribution in [0.2, 0.25) is 0 Å². The van der Waals surface area contributed by atoms with Gasteiger partial charge in [0.25, 0.3) is 0 Å². The van der Waals surface area contributed by atoms with Crippen LogP contribution >= 0.6 is 0 Å². The fraction of sp³-hybridized carbons (Fsp3) is 0.516. The number of piperidine rings is 1. The Morgan fingerprint density at radius 2 is 1.54 bits per heavy atom. The second-order valence-electron chi connectivity index (χ2n) is 11.7. The number of amides is 2. The number of ether oxygens (including phenoxy) is 1. The van der Waals surface area contributed by atoms with Crippen LogP contribution in [0.4, 0.5) is 0 Å². The van der Waals surface area contributed by atoms with E-state index in [0.717, 1.165) is 75.2 Å². The van der Waals surface area contributed by atoms with Crippen molar-refractivity contribution in [2.75, 3.05) is 33.3 Å². The number of carbonyl (C=O) groups is 3. The van der Waals surface area contributed by atoms with Gasteiger partial charge in [0.2, 0.25) is 11.8 Å². The molecule has 0 bridgehead atoms. The Morgan fingerprint density at radius 3 is 2.22 bits per heavy atom. The summed E-state index contributed by atoms with van der Waals surface area (Å²) in [5.74, 6) is 1.63. The number of rotatable bonds is 5. The Bertz CT molecular complexity index is 1200. The van der Waals surface area contributed by atoms with Crippen LogP contribution in [-0.2, 0) is 22.4 Å². The van der Waals surface area contributed by atoms with E-state index in [0.29, 0.717) is 31.1 Å². The number of likely N-dealkylation sites (tertiary alicyclic amines) is 2. The molecule has 2 aliphatic heterocycles. The van der Waals surface area contributed by atoms with Crippen molar-refractivity contribution in [2.45, 2.75) is 57.3 Å². The lowest BCUT2D eigenvalue weighted by molar-refractivity contribution is -0.135. The molecule has 0 saturated carbocycles. The maximum Gasteiger partial charge on any atom is 0.223 e. The zero-order valence-electron chi connectivity index (χ0n) is 21.7. The van der Waals surface area contributed by atoms with Crippen LogP contribution in [-0.4, -0.2) is 60.7 Å². The molecule has 1 unspecified atom stereocenters. The third kappa shape index (κ3) is 4.67. The first kappa shape index (κ1) is 24.2. The molecular formula is C31H36N2O4. The van der Waals surface area contributed by atoms with Crippen LogP contribution in [0.1, 0.15) is 71.5 Å². The van der Waals surface area contributed by atoms with Gasteiger partial charge in [0, 0.05) is 56.9 Å². The Morgan fingerprint density at radius 1 is 0.892 bits per heavy atom. The van der Waals surface area contributed by atoms with Crippen molar-refractivity contribution in [3.8, 4) is 5.75 Å². The molecular weight excluding hydrogens is 464 g/mol. The average Bonchev–Trinajstić information content (AvgIpc) is 3.60. The van der Waals surface area contributed by atoms with Crippen LogP contribution in [0.15, 0.2) is 42.5 Å². The van der Waals surface area contributed by atoms with Gasteiger partial charge >= 0.3 is 0 Å². The highest BCUT2D eigenvalue weighted by atomic mass is 16.5. The Labute approximate surface area is 219 Å². The van der Waals surface area contributed by atoms with E-state index >= 15 is 0 Å². The molecule has 6 nitrogen and oxygen atoms in total. The molecule has 0 N–H and O–H groups in total. The summed E-state index contributed by atoms with van der Waals surface area (Å²) in [7, 11) is 1.62. The summed E-state index contributed by atoms with van der Waals surface area (Å²) in [5, 5.41) is 0. The predicted molar refractivity (Wildman–Crippen MR) is 141 cm³/mol. The van der Waals surface area contributed by atoms with E-state index in [1.807, 2.05) is 23.1 Å². The summed E-state index contributed by atoms with van der Waals surface area (Å²) in [6.45, 7) is 3.14. The van der Waals surface area contributed by atoms with E-state index < -0.39 is 0 Å². The van der Waals surface area contributed by atoms with Gasteiger partial charge in [-0.2, -0.15) is 0 Å². The third-order valence-electron chi connectivity index (χ3n) is 9.42. The molecule has 4 aliphatic rings. The lowest BCUT2D eigenvalue weighted by atomic mass is 9.77. The van der Waals surface area contributed by atoms with Crippen molar-refractivity contribution in [2.24, 2.45) is 11.3 Å². The second-order valence-corrected chi connectivity index (χ2v) is 11.7. The maximum absolute atomic E-state index is 13.3. The Hall–Kier alpha value is -3.15. The lowest BCUT2D eigenvalue weighted by Crippen LogP contribution is -2.45. The highest BCUT2D eigenvalue weighted by molar-refractivity contribution is 6.02. The van der Waals surface area contributed by atoms with E-state index in [-0.39, 0.29) is 23.0 Å². The number of Topliss-reactive ketones (excluding diaryl/α,β-unsaturated/α-hetero) is 1. The summed E-state index contributed by atoms with van der Waals surface area (Å²) in [6.07, 6.45) is 6.38. The van der Waals surface area contributed by atoms with Gasteiger partial charge < -0.3 is 14.5 Å². The highest BCUT2D eigenvalue weighted by Gasteiger charge is 2.43. The zero-order chi connectivity index (χ0) is 25.6. The van der Waals surface area contributed by atoms with Crippen molar-refractivity contribution in [1.82, 2.24) is 9.80 Å². The van der Waals surface area contributed by atoms with Gasteiger partial charge in [0.1, 0.15) is 5.75 Å². The first-order chi connectivity index (χ1) is 17.9. The summed E-state index contributed by atoms with van der Waals surface area (Å²) in [4.78, 5) is 42.9. The molecule has 2 fully saturated rings. The molecule has 37 heavy (non-hydrogen) atoms. The number of ketones is 1. The van der Waals surface area contributed by atoms with Crippen LogP contribution < -0.4 is 4.74 Å². The normalized spacial score (nSPS) is 22.4. The minimum Gasteiger partial charge on any atom is -0.497 e. The first-order valence-electron chi connectivity index (χ1n) is 13.8. The van der Waals surface area contributed by atoms with Crippen molar-refractivity contribution in [1.29, 1.82) is 0 Å². The summed E-state index contributed by atoms with van der Waals surface area (Å²) in [6, 6.07) is 14.1. The number of benzene rings is 2. The molecule has 0 aromatic heterocycles. The van der Waals surface area contributed by atoms with Crippen LogP contribution in [0, 0.1) is 11.3 Å². The van der Waals surface area contributed by atoms with Crippen LogP contribution in [0.3, 0.4) is 0 Å². The van der Waals surface area contributed by atoms with E-state index in [1.165, 1.54) is 11.1 Å². The molecule has 2 aromatic carbocycles. The van der Waals surface area contributed by atoms with Crippen molar-refractivity contribution in [3.05, 3.63) is 64.7 Å². The number of carbonyl (C=O) groups excluding carboxylic acids is 3. The molecule has 6 rings (SSSR count). The van der Waals surface area contributed by atoms with Gasteiger partial charge in [-0.1, -0.05) is 24.3 Å². The van der Waals surface area contributed by atoms with Crippen LogP contribution in [0.5, 0.6) is 5.75 Å². The fourth-order valence-electron chi connectivity index (χ4n) is 7.18. The Balaban J connectivity index is 1.01. The van der Waals surface area contributed by atoms with Crippen molar-refractivity contribution in [3.63, 3.8) is 0 Å². The lowest BCUT2D eigenvalue weighted by Gasteiger charge is -2.39. The summed E-state index contributed by atoms with van der Waals surface area (Å²) >= 11 is 0. The fourth-order valence-corrected chi connectivity index (χ4v) is 7.18. The van der Waals surface area contributed by atoms with Crippen LogP contribution in [0.25, 0.3) is 0 Å². The number of hydrogen-bond acceptors (Lipinski definition) is 4.